The average Bonchev–Trinajstić information content (AvgIpc) is 2.06. The normalized spacial score (nSPS) is 10.6. The van der Waals surface area contributed by atoms with Crippen molar-refractivity contribution >= 4 is 15.9 Å². The fourth-order valence-electron chi connectivity index (χ4n) is 0.723. The molecule has 0 amide bonds. The van der Waals surface area contributed by atoms with Gasteiger partial charge in [-0.25, -0.2) is 17.6 Å². The van der Waals surface area contributed by atoms with Gasteiger partial charge in [0.05, 0.1) is 6.57 Å². The van der Waals surface area contributed by atoms with Crippen LogP contribution in [-0.2, 0) is 10.0 Å². The quantitative estimate of drug-likeness (QED) is 0.494. The van der Waals surface area contributed by atoms with Crippen molar-refractivity contribution in [3.63, 3.8) is 0 Å². The van der Waals surface area contributed by atoms with E-state index in [0.29, 0.717) is 13.0 Å². The second kappa shape index (κ2) is 4.77. The van der Waals surface area contributed by atoms with Gasteiger partial charge in [0.1, 0.15) is 0 Å². The van der Waals surface area contributed by atoms with Crippen molar-refractivity contribution < 1.29 is 8.42 Å². The number of hydrogen-bond acceptors (Lipinski definition) is 2. The van der Waals surface area contributed by atoms with Crippen LogP contribution in [0.2, 0.25) is 0 Å². The van der Waals surface area contributed by atoms with Gasteiger partial charge in [-0.3, -0.25) is 5.87 Å². The Morgan fingerprint density at radius 3 is 2.54 bits per heavy atom. The highest BCUT2D eigenvalue weighted by Gasteiger charge is 2.21. The lowest BCUT2D eigenvalue weighted by atomic mass is 10.5. The van der Waals surface area contributed by atoms with Crippen molar-refractivity contribution in [1.82, 2.24) is 4.31 Å². The maximum Gasteiger partial charge on any atom is 0.311 e. The summed E-state index contributed by atoms with van der Waals surface area (Å²) in [6, 6.07) is 0. The smallest absolute Gasteiger partial charge is 0.311 e. The zero-order chi connectivity index (χ0) is 10.5. The number of hydrogen-bond donors (Lipinski definition) is 0. The van der Waals surface area contributed by atoms with Crippen LogP contribution in [0.25, 0.3) is 10.3 Å². The summed E-state index contributed by atoms with van der Waals surface area (Å²) in [6.07, 6.45) is 0.645. The minimum Gasteiger partial charge on any atom is -0.775 e. The molecule has 0 fully saturated rings. The Morgan fingerprint density at radius 1 is 1.69 bits per heavy atom. The average molecular weight is 200 g/mol. The molecule has 0 aromatic rings. The predicted molar refractivity (Wildman–Crippen MR) is 50.3 cm³/mol. The Bertz CT molecular complexity index is 360. The molecule has 0 spiro atoms. The van der Waals surface area contributed by atoms with Gasteiger partial charge in [-0.1, -0.05) is 6.92 Å². The van der Waals surface area contributed by atoms with Gasteiger partial charge in [0.2, 0.25) is 0 Å². The molecule has 0 aromatic heterocycles. The van der Waals surface area contributed by atoms with Gasteiger partial charge in [-0.15, -0.1) is 0 Å². The minimum absolute atomic E-state index is 0.309. The second-order valence-electron chi connectivity index (χ2n) is 2.36. The summed E-state index contributed by atoms with van der Waals surface area (Å²) in [4.78, 5) is 2.66. The predicted octanol–water partition coefficient (Wildman–Crippen LogP) is 0.658. The first-order valence-electron chi connectivity index (χ1n) is 3.61. The van der Waals surface area contributed by atoms with Crippen molar-refractivity contribution in [2.45, 2.75) is 13.3 Å². The first kappa shape index (κ1) is 11.8. The summed E-state index contributed by atoms with van der Waals surface area (Å²) in [5.74, 6) is 1.36. The third-order valence-corrected chi connectivity index (χ3v) is 3.06. The molecule has 0 bridgehead atoms. The lowest BCUT2D eigenvalue weighted by Crippen LogP contribution is -2.28. The summed E-state index contributed by atoms with van der Waals surface area (Å²) in [7, 11) is -2.48. The van der Waals surface area contributed by atoms with Crippen LogP contribution in [0.4, 0.5) is 0 Å². The van der Waals surface area contributed by atoms with Crippen LogP contribution < -0.4 is 0 Å². The van der Waals surface area contributed by atoms with Crippen molar-refractivity contribution in [3.8, 4) is 0 Å². The molecule has 0 unspecified atom stereocenters. The fraction of sp³-hybridized carbons (Fsp3) is 0.571. The largest absolute Gasteiger partial charge is 0.775 e. The van der Waals surface area contributed by atoms with Gasteiger partial charge < -0.3 is 5.41 Å². The van der Waals surface area contributed by atoms with Crippen LogP contribution in [0.5, 0.6) is 0 Å². The van der Waals surface area contributed by atoms with Crippen molar-refractivity contribution in [2.24, 2.45) is 0 Å². The van der Waals surface area contributed by atoms with E-state index >= 15 is 0 Å². The van der Waals surface area contributed by atoms with Crippen molar-refractivity contribution in [3.05, 3.63) is 21.9 Å². The molecule has 0 saturated carbocycles. The van der Waals surface area contributed by atoms with Crippen LogP contribution in [0.15, 0.2) is 5.03 Å². The van der Waals surface area contributed by atoms with E-state index in [2.05, 4.69) is 4.85 Å². The standard InChI is InChI=1S/C7H10N3O2S/c1-4-5-10(3)13(11,12)7(6-8)9-2/h4-5H2,1,3H3/q-1. The maximum atomic E-state index is 11.3. The summed E-state index contributed by atoms with van der Waals surface area (Å²) >= 11 is 0. The van der Waals surface area contributed by atoms with E-state index in [1.54, 1.807) is 0 Å². The van der Waals surface area contributed by atoms with Crippen LogP contribution in [0, 0.1) is 6.57 Å². The molecule has 0 aliphatic rings. The van der Waals surface area contributed by atoms with E-state index in [-0.39, 0.29) is 0 Å². The van der Waals surface area contributed by atoms with Crippen LogP contribution >= 0.6 is 0 Å². The lowest BCUT2D eigenvalue weighted by Gasteiger charge is -2.14. The van der Waals surface area contributed by atoms with Crippen molar-refractivity contribution in [2.75, 3.05) is 13.6 Å². The minimum atomic E-state index is -3.83. The van der Waals surface area contributed by atoms with Gasteiger partial charge in [0, 0.05) is 13.6 Å². The molecule has 0 saturated heterocycles. The highest BCUT2D eigenvalue weighted by Crippen LogP contribution is 2.09. The molecule has 0 rings (SSSR count). The molecular weight excluding hydrogens is 190 g/mol. The lowest BCUT2D eigenvalue weighted by molar-refractivity contribution is 0.475. The monoisotopic (exact) mass is 200 g/mol. The molecular formula is C7H10N3O2S-. The van der Waals surface area contributed by atoms with E-state index in [1.807, 2.05) is 6.92 Å². The Morgan fingerprint density at radius 2 is 2.23 bits per heavy atom. The third-order valence-electron chi connectivity index (χ3n) is 1.39. The SMILES string of the molecule is [C-]#[N+]C(=C=[N-])S(=O)(=O)N(C)CCC. The first-order valence-corrected chi connectivity index (χ1v) is 5.05. The molecule has 5 nitrogen and oxygen atoms in total. The second-order valence-corrected chi connectivity index (χ2v) is 4.32. The molecule has 0 aliphatic carbocycles. The van der Waals surface area contributed by atoms with E-state index in [0.717, 1.165) is 4.31 Å². The number of rotatable bonds is 4. The molecule has 72 valence electrons. The number of sulfonamides is 1. The summed E-state index contributed by atoms with van der Waals surface area (Å²) in [5, 5.41) is 7.60. The summed E-state index contributed by atoms with van der Waals surface area (Å²) in [6.45, 7) is 8.62. The molecule has 0 radical (unpaired) electrons. The van der Waals surface area contributed by atoms with E-state index < -0.39 is 15.1 Å². The zero-order valence-electron chi connectivity index (χ0n) is 7.48. The Kier molecular flexibility index (Phi) is 4.35. The Labute approximate surface area is 78.0 Å². The van der Waals surface area contributed by atoms with Gasteiger partial charge in [-0.2, -0.15) is 0 Å². The summed E-state index contributed by atoms with van der Waals surface area (Å²) < 4.78 is 23.7. The van der Waals surface area contributed by atoms with Crippen LogP contribution in [0.1, 0.15) is 13.3 Å². The highest BCUT2D eigenvalue weighted by molar-refractivity contribution is 7.93. The maximum absolute atomic E-state index is 11.3. The van der Waals surface area contributed by atoms with E-state index in [1.165, 1.54) is 12.9 Å². The van der Waals surface area contributed by atoms with Crippen LogP contribution in [0.3, 0.4) is 0 Å². The van der Waals surface area contributed by atoms with Gasteiger partial charge in [-0.05, 0) is 6.42 Å². The number of nitrogens with zero attached hydrogens (tertiary/aromatic N) is 3. The zero-order valence-corrected chi connectivity index (χ0v) is 8.30. The van der Waals surface area contributed by atoms with E-state index in [4.69, 9.17) is 12.0 Å². The molecule has 0 atom stereocenters. The molecule has 0 aliphatic heterocycles. The Hall–Kier alpha value is -1.15. The molecule has 0 N–H and O–H groups in total. The fourth-order valence-corrected chi connectivity index (χ4v) is 1.67. The third kappa shape index (κ3) is 2.67. The summed E-state index contributed by atoms with van der Waals surface area (Å²) in [5.41, 5.74) is 0. The topological polar surface area (TPSA) is 64.0 Å². The molecule has 0 heterocycles. The molecule has 13 heavy (non-hydrogen) atoms. The van der Waals surface area contributed by atoms with Gasteiger partial charge in [0.25, 0.3) is 10.0 Å². The Balaban J connectivity index is 5.01. The van der Waals surface area contributed by atoms with Gasteiger partial charge in [0.15, 0.2) is 0 Å². The molecule has 0 aromatic carbocycles. The van der Waals surface area contributed by atoms with Gasteiger partial charge >= 0.3 is 5.03 Å². The van der Waals surface area contributed by atoms with E-state index in [9.17, 15) is 8.42 Å². The first-order chi connectivity index (χ1) is 6.00. The van der Waals surface area contributed by atoms with Crippen molar-refractivity contribution in [1.29, 1.82) is 0 Å². The molecule has 6 heteroatoms. The highest BCUT2D eigenvalue weighted by atomic mass is 32.2. The van der Waals surface area contributed by atoms with Crippen LogP contribution in [-0.4, -0.2) is 32.2 Å².